The fourth-order valence-electron chi connectivity index (χ4n) is 3.79. The monoisotopic (exact) mass is 314 g/mol. The summed E-state index contributed by atoms with van der Waals surface area (Å²) in [5.41, 5.74) is 6.85. The number of thiophene rings is 1. The molecule has 1 saturated carbocycles. The van der Waals surface area contributed by atoms with E-state index < -0.39 is 0 Å². The van der Waals surface area contributed by atoms with Crippen molar-refractivity contribution in [3.63, 3.8) is 0 Å². The van der Waals surface area contributed by atoms with Crippen LogP contribution in [-0.4, -0.2) is 42.8 Å². The highest BCUT2D eigenvalue weighted by atomic mass is 35.5. The maximum absolute atomic E-state index is 6.67. The lowest BCUT2D eigenvalue weighted by atomic mass is 9.84. The van der Waals surface area contributed by atoms with Crippen LogP contribution in [0.4, 0.5) is 0 Å². The van der Waals surface area contributed by atoms with E-state index in [1.807, 2.05) is 6.07 Å². The Bertz CT molecular complexity index is 439. The molecule has 5 heteroatoms. The van der Waals surface area contributed by atoms with Gasteiger partial charge in [-0.25, -0.2) is 0 Å². The van der Waals surface area contributed by atoms with E-state index >= 15 is 0 Å². The van der Waals surface area contributed by atoms with Crippen molar-refractivity contribution in [2.75, 3.05) is 26.3 Å². The van der Waals surface area contributed by atoms with Gasteiger partial charge in [0.15, 0.2) is 0 Å². The van der Waals surface area contributed by atoms with Gasteiger partial charge in [0.05, 0.1) is 17.6 Å². The molecule has 0 radical (unpaired) electrons. The van der Waals surface area contributed by atoms with Gasteiger partial charge < -0.3 is 10.5 Å². The molecule has 2 heterocycles. The standard InChI is InChI=1S/C15H23ClN2OS/c16-14-4-3-12(20-14)11-13(17)15(5-1-2-6-15)18-7-9-19-10-8-18/h3-4,13H,1-2,5-11,17H2. The van der Waals surface area contributed by atoms with Crippen LogP contribution >= 0.6 is 22.9 Å². The molecule has 1 aromatic heterocycles. The minimum atomic E-state index is 0.181. The second kappa shape index (κ2) is 6.32. The SMILES string of the molecule is NC(Cc1ccc(Cl)s1)C1(N2CCOCC2)CCCC1. The molecule has 2 N–H and O–H groups in total. The lowest BCUT2D eigenvalue weighted by molar-refractivity contribution is -0.0305. The number of ether oxygens (including phenoxy) is 1. The van der Waals surface area contributed by atoms with E-state index in [4.69, 9.17) is 22.1 Å². The van der Waals surface area contributed by atoms with Crippen LogP contribution in [0, 0.1) is 0 Å². The molecule has 112 valence electrons. The first-order valence-electron chi connectivity index (χ1n) is 7.53. The fraction of sp³-hybridized carbons (Fsp3) is 0.733. The lowest BCUT2D eigenvalue weighted by Gasteiger charge is -2.47. The van der Waals surface area contributed by atoms with Gasteiger partial charge in [0, 0.05) is 29.5 Å². The number of halogens is 1. The van der Waals surface area contributed by atoms with E-state index in [9.17, 15) is 0 Å². The lowest BCUT2D eigenvalue weighted by Crippen LogP contribution is -2.61. The number of morpholine rings is 1. The zero-order chi connectivity index (χ0) is 14.0. The second-order valence-electron chi connectivity index (χ2n) is 5.93. The number of hydrogen-bond acceptors (Lipinski definition) is 4. The van der Waals surface area contributed by atoms with Crippen LogP contribution in [0.2, 0.25) is 4.34 Å². The van der Waals surface area contributed by atoms with Crippen molar-refractivity contribution in [2.45, 2.75) is 43.7 Å². The van der Waals surface area contributed by atoms with Crippen molar-refractivity contribution in [1.82, 2.24) is 4.90 Å². The highest BCUT2D eigenvalue weighted by Gasteiger charge is 2.44. The van der Waals surface area contributed by atoms with Crippen LogP contribution in [0.3, 0.4) is 0 Å². The number of rotatable bonds is 4. The van der Waals surface area contributed by atoms with Gasteiger partial charge >= 0.3 is 0 Å². The van der Waals surface area contributed by atoms with Gasteiger partial charge in [0.2, 0.25) is 0 Å². The molecule has 1 atom stereocenters. The Hall–Kier alpha value is -0.130. The van der Waals surface area contributed by atoms with E-state index in [1.54, 1.807) is 11.3 Å². The molecule has 1 saturated heterocycles. The topological polar surface area (TPSA) is 38.5 Å². The predicted molar refractivity (Wildman–Crippen MR) is 84.6 cm³/mol. The molecule has 0 spiro atoms. The van der Waals surface area contributed by atoms with Crippen LogP contribution in [0.15, 0.2) is 12.1 Å². The van der Waals surface area contributed by atoms with Crippen molar-refractivity contribution in [3.05, 3.63) is 21.3 Å². The number of hydrogen-bond donors (Lipinski definition) is 1. The minimum Gasteiger partial charge on any atom is -0.379 e. The number of nitrogens with two attached hydrogens (primary N) is 1. The maximum atomic E-state index is 6.67. The average molecular weight is 315 g/mol. The Morgan fingerprint density at radius 3 is 2.60 bits per heavy atom. The Kier molecular flexibility index (Phi) is 4.68. The van der Waals surface area contributed by atoms with Gasteiger partial charge in [-0.05, 0) is 31.4 Å². The van der Waals surface area contributed by atoms with Gasteiger partial charge in [-0.3, -0.25) is 4.90 Å². The van der Waals surface area contributed by atoms with E-state index in [0.717, 1.165) is 37.1 Å². The first kappa shape index (κ1) is 14.8. The van der Waals surface area contributed by atoms with Crippen LogP contribution in [-0.2, 0) is 11.2 Å². The molecule has 2 fully saturated rings. The largest absolute Gasteiger partial charge is 0.379 e. The number of nitrogens with zero attached hydrogens (tertiary/aromatic N) is 1. The zero-order valence-electron chi connectivity index (χ0n) is 11.8. The summed E-state index contributed by atoms with van der Waals surface area (Å²) in [4.78, 5) is 3.91. The zero-order valence-corrected chi connectivity index (χ0v) is 13.4. The van der Waals surface area contributed by atoms with Gasteiger partial charge in [-0.2, -0.15) is 0 Å². The normalized spacial score (nSPS) is 24.9. The minimum absolute atomic E-state index is 0.181. The van der Waals surface area contributed by atoms with Gasteiger partial charge in [0.25, 0.3) is 0 Å². The van der Waals surface area contributed by atoms with Crippen molar-refractivity contribution in [3.8, 4) is 0 Å². The molecule has 3 rings (SSSR count). The maximum Gasteiger partial charge on any atom is 0.0931 e. The molecule has 1 aliphatic heterocycles. The molecule has 1 unspecified atom stereocenters. The average Bonchev–Trinajstić information content (AvgIpc) is 3.10. The van der Waals surface area contributed by atoms with Crippen LogP contribution in [0.1, 0.15) is 30.6 Å². The molecular weight excluding hydrogens is 292 g/mol. The Morgan fingerprint density at radius 1 is 1.30 bits per heavy atom. The highest BCUT2D eigenvalue weighted by Crippen LogP contribution is 2.39. The summed E-state index contributed by atoms with van der Waals surface area (Å²) in [5, 5.41) is 0. The summed E-state index contributed by atoms with van der Waals surface area (Å²) in [6.45, 7) is 3.75. The van der Waals surface area contributed by atoms with Crippen LogP contribution in [0.5, 0.6) is 0 Å². The molecule has 2 aliphatic rings. The van der Waals surface area contributed by atoms with Gasteiger partial charge in [0.1, 0.15) is 0 Å². The van der Waals surface area contributed by atoms with Gasteiger partial charge in [-0.15, -0.1) is 11.3 Å². The van der Waals surface area contributed by atoms with E-state index in [-0.39, 0.29) is 11.6 Å². The first-order chi connectivity index (χ1) is 9.71. The van der Waals surface area contributed by atoms with Crippen molar-refractivity contribution in [2.24, 2.45) is 5.73 Å². The molecule has 20 heavy (non-hydrogen) atoms. The molecule has 0 amide bonds. The predicted octanol–water partition coefficient (Wildman–Crippen LogP) is 2.92. The molecule has 3 nitrogen and oxygen atoms in total. The van der Waals surface area contributed by atoms with Gasteiger partial charge in [-0.1, -0.05) is 24.4 Å². The van der Waals surface area contributed by atoms with Crippen LogP contribution < -0.4 is 5.73 Å². The Morgan fingerprint density at radius 2 is 2.00 bits per heavy atom. The molecule has 0 bridgehead atoms. The second-order valence-corrected chi connectivity index (χ2v) is 7.73. The molecular formula is C15H23ClN2OS. The summed E-state index contributed by atoms with van der Waals surface area (Å²) in [6, 6.07) is 4.29. The van der Waals surface area contributed by atoms with Crippen molar-refractivity contribution >= 4 is 22.9 Å². The molecule has 0 aromatic carbocycles. The summed E-state index contributed by atoms with van der Waals surface area (Å²) >= 11 is 7.70. The molecule has 1 aliphatic carbocycles. The first-order valence-corrected chi connectivity index (χ1v) is 8.73. The Balaban J connectivity index is 1.75. The smallest absolute Gasteiger partial charge is 0.0931 e. The van der Waals surface area contributed by atoms with Crippen LogP contribution in [0.25, 0.3) is 0 Å². The third-order valence-corrected chi connectivity index (χ3v) is 6.10. The third-order valence-electron chi connectivity index (χ3n) is 4.85. The quantitative estimate of drug-likeness (QED) is 0.928. The van der Waals surface area contributed by atoms with Crippen molar-refractivity contribution < 1.29 is 4.74 Å². The van der Waals surface area contributed by atoms with E-state index in [2.05, 4.69) is 11.0 Å². The van der Waals surface area contributed by atoms with Crippen molar-refractivity contribution in [1.29, 1.82) is 0 Å². The Labute approximate surface area is 130 Å². The molecule has 1 aromatic rings. The fourth-order valence-corrected chi connectivity index (χ4v) is 4.93. The summed E-state index contributed by atoms with van der Waals surface area (Å²) in [5.74, 6) is 0. The highest BCUT2D eigenvalue weighted by molar-refractivity contribution is 7.16. The summed E-state index contributed by atoms with van der Waals surface area (Å²) in [6.07, 6.45) is 6.00. The van der Waals surface area contributed by atoms with E-state index in [0.29, 0.717) is 0 Å². The third kappa shape index (κ3) is 2.90. The summed E-state index contributed by atoms with van der Waals surface area (Å²) < 4.78 is 6.37. The summed E-state index contributed by atoms with van der Waals surface area (Å²) in [7, 11) is 0. The van der Waals surface area contributed by atoms with E-state index in [1.165, 1.54) is 30.6 Å².